The smallest absolute Gasteiger partial charge is 0.260 e. The topological polar surface area (TPSA) is 96.4 Å². The number of thiazole rings is 1. The quantitative estimate of drug-likeness (QED) is 0.441. The minimum absolute atomic E-state index is 0.197. The van der Waals surface area contributed by atoms with Crippen molar-refractivity contribution in [2.75, 3.05) is 38.3 Å². The molecular formula is C21H21N5O3S2. The molecular weight excluding hydrogens is 434 g/mol. The van der Waals surface area contributed by atoms with Crippen LogP contribution in [0.2, 0.25) is 0 Å². The Labute approximate surface area is 184 Å². The Morgan fingerprint density at radius 2 is 1.68 bits per heavy atom. The zero-order valence-electron chi connectivity index (χ0n) is 17.3. The van der Waals surface area contributed by atoms with Gasteiger partial charge in [0.15, 0.2) is 15.0 Å². The molecule has 0 N–H and O–H groups in total. The Hall–Kier alpha value is -2.95. The summed E-state index contributed by atoms with van der Waals surface area (Å²) < 4.78 is 24.5. The summed E-state index contributed by atoms with van der Waals surface area (Å²) in [4.78, 5) is 30.4. The number of amides is 1. The molecule has 10 heteroatoms. The molecule has 1 amide bonds. The van der Waals surface area contributed by atoms with Crippen molar-refractivity contribution < 1.29 is 13.2 Å². The Balaban J connectivity index is 1.75. The second-order valence-corrected chi connectivity index (χ2v) is 10.4. The van der Waals surface area contributed by atoms with Gasteiger partial charge in [-0.2, -0.15) is 0 Å². The lowest BCUT2D eigenvalue weighted by Gasteiger charge is -2.22. The van der Waals surface area contributed by atoms with E-state index >= 15 is 0 Å². The standard InChI is InChI=1S/C21H21N5O3S2/c1-25(2)10-11-26(20(27)14-4-6-16-18(12-14)23-9-8-22-16)21-24-17-7-5-15(31(3,28)29)13-19(17)30-21/h4-9,12-13H,10-11H2,1-3H3. The van der Waals surface area contributed by atoms with Crippen molar-refractivity contribution in [2.24, 2.45) is 0 Å². The van der Waals surface area contributed by atoms with Crippen LogP contribution in [0.5, 0.6) is 0 Å². The number of likely N-dealkylation sites (N-methyl/N-ethyl adjacent to an activating group) is 1. The molecule has 0 aliphatic heterocycles. The van der Waals surface area contributed by atoms with Gasteiger partial charge in [-0.05, 0) is 50.5 Å². The first-order valence-corrected chi connectivity index (χ1v) is 12.2. The predicted molar refractivity (Wildman–Crippen MR) is 122 cm³/mol. The van der Waals surface area contributed by atoms with E-state index in [0.29, 0.717) is 45.0 Å². The molecule has 2 heterocycles. The van der Waals surface area contributed by atoms with E-state index in [1.807, 2.05) is 19.0 Å². The van der Waals surface area contributed by atoms with Gasteiger partial charge in [-0.1, -0.05) is 11.3 Å². The fourth-order valence-electron chi connectivity index (χ4n) is 3.08. The van der Waals surface area contributed by atoms with Crippen molar-refractivity contribution in [3.8, 4) is 0 Å². The van der Waals surface area contributed by atoms with Gasteiger partial charge in [-0.3, -0.25) is 19.7 Å². The van der Waals surface area contributed by atoms with Crippen LogP contribution in [0, 0.1) is 0 Å². The van der Waals surface area contributed by atoms with Gasteiger partial charge in [-0.25, -0.2) is 13.4 Å². The Morgan fingerprint density at radius 3 is 2.39 bits per heavy atom. The molecule has 0 saturated carbocycles. The van der Waals surface area contributed by atoms with Crippen LogP contribution in [0.4, 0.5) is 5.13 Å². The molecule has 0 aliphatic rings. The van der Waals surface area contributed by atoms with Crippen LogP contribution in [0.25, 0.3) is 21.3 Å². The first-order valence-electron chi connectivity index (χ1n) is 9.50. The molecule has 31 heavy (non-hydrogen) atoms. The molecule has 0 fully saturated rings. The summed E-state index contributed by atoms with van der Waals surface area (Å²) in [5, 5.41) is 0.520. The van der Waals surface area contributed by atoms with Crippen LogP contribution in [-0.4, -0.2) is 67.6 Å². The second-order valence-electron chi connectivity index (χ2n) is 7.42. The van der Waals surface area contributed by atoms with Crippen molar-refractivity contribution in [2.45, 2.75) is 4.90 Å². The first-order chi connectivity index (χ1) is 14.7. The monoisotopic (exact) mass is 455 g/mol. The summed E-state index contributed by atoms with van der Waals surface area (Å²) in [7, 11) is 0.543. The second kappa shape index (κ2) is 8.29. The van der Waals surface area contributed by atoms with Crippen molar-refractivity contribution in [3.63, 3.8) is 0 Å². The lowest BCUT2D eigenvalue weighted by Crippen LogP contribution is -2.36. The predicted octanol–water partition coefficient (Wildman–Crippen LogP) is 2.85. The van der Waals surface area contributed by atoms with Gasteiger partial charge >= 0.3 is 0 Å². The first kappa shape index (κ1) is 21.3. The maximum absolute atomic E-state index is 13.4. The largest absolute Gasteiger partial charge is 0.308 e. The molecule has 4 aromatic rings. The Kier molecular flexibility index (Phi) is 5.69. The zero-order chi connectivity index (χ0) is 22.2. The minimum atomic E-state index is -3.33. The van der Waals surface area contributed by atoms with E-state index in [-0.39, 0.29) is 10.8 Å². The number of carbonyl (C=O) groups is 1. The molecule has 0 spiro atoms. The Morgan fingerprint density at radius 1 is 0.968 bits per heavy atom. The maximum Gasteiger partial charge on any atom is 0.260 e. The summed E-state index contributed by atoms with van der Waals surface area (Å²) in [6, 6.07) is 10.0. The minimum Gasteiger partial charge on any atom is -0.308 e. The number of rotatable bonds is 6. The van der Waals surface area contributed by atoms with Gasteiger partial charge in [0.2, 0.25) is 0 Å². The summed E-state index contributed by atoms with van der Waals surface area (Å²) in [6.07, 6.45) is 4.37. The number of sulfone groups is 1. The molecule has 2 aromatic heterocycles. The SMILES string of the molecule is CN(C)CCN(C(=O)c1ccc2nccnc2c1)c1nc2ccc(S(C)(=O)=O)cc2s1. The van der Waals surface area contributed by atoms with Gasteiger partial charge in [0, 0.05) is 37.3 Å². The number of nitrogens with zero attached hydrogens (tertiary/aromatic N) is 5. The van der Waals surface area contributed by atoms with Gasteiger partial charge in [0.05, 0.1) is 26.1 Å². The van der Waals surface area contributed by atoms with E-state index in [0.717, 1.165) is 0 Å². The molecule has 0 saturated heterocycles. The van der Waals surface area contributed by atoms with Crippen LogP contribution in [-0.2, 0) is 9.84 Å². The molecule has 0 atom stereocenters. The van der Waals surface area contributed by atoms with E-state index < -0.39 is 9.84 Å². The number of hydrogen-bond donors (Lipinski definition) is 0. The molecule has 4 rings (SSSR count). The number of carbonyl (C=O) groups excluding carboxylic acids is 1. The van der Waals surface area contributed by atoms with Crippen molar-refractivity contribution in [1.82, 2.24) is 19.9 Å². The van der Waals surface area contributed by atoms with E-state index in [9.17, 15) is 13.2 Å². The molecule has 8 nitrogen and oxygen atoms in total. The third kappa shape index (κ3) is 4.55. The number of aromatic nitrogens is 3. The van der Waals surface area contributed by atoms with Crippen LogP contribution >= 0.6 is 11.3 Å². The maximum atomic E-state index is 13.4. The van der Waals surface area contributed by atoms with Gasteiger partial charge < -0.3 is 4.90 Å². The lowest BCUT2D eigenvalue weighted by molar-refractivity contribution is 0.0985. The molecule has 160 valence electrons. The van der Waals surface area contributed by atoms with Crippen molar-refractivity contribution in [3.05, 3.63) is 54.4 Å². The summed E-state index contributed by atoms with van der Waals surface area (Å²) in [5.74, 6) is -0.197. The molecule has 0 aliphatic carbocycles. The molecule has 0 bridgehead atoms. The zero-order valence-corrected chi connectivity index (χ0v) is 18.9. The van der Waals surface area contributed by atoms with Gasteiger partial charge in [0.1, 0.15) is 0 Å². The highest BCUT2D eigenvalue weighted by atomic mass is 32.2. The van der Waals surface area contributed by atoms with Crippen LogP contribution in [0.3, 0.4) is 0 Å². The molecule has 0 radical (unpaired) electrons. The summed E-state index contributed by atoms with van der Waals surface area (Å²) >= 11 is 1.30. The highest BCUT2D eigenvalue weighted by Crippen LogP contribution is 2.31. The summed E-state index contributed by atoms with van der Waals surface area (Å²) in [5.41, 5.74) is 2.50. The third-order valence-corrected chi connectivity index (χ3v) is 6.89. The van der Waals surface area contributed by atoms with Crippen molar-refractivity contribution >= 4 is 53.5 Å². The average Bonchev–Trinajstić information content (AvgIpc) is 3.15. The fraction of sp³-hybridized carbons (Fsp3) is 0.238. The van der Waals surface area contributed by atoms with E-state index in [4.69, 9.17) is 0 Å². The number of fused-ring (bicyclic) bond motifs is 2. The lowest BCUT2D eigenvalue weighted by atomic mass is 10.1. The molecule has 0 unspecified atom stereocenters. The average molecular weight is 456 g/mol. The van der Waals surface area contributed by atoms with Gasteiger partial charge in [0.25, 0.3) is 5.91 Å². The number of anilines is 1. The van der Waals surface area contributed by atoms with Gasteiger partial charge in [-0.15, -0.1) is 0 Å². The normalized spacial score (nSPS) is 12.0. The van der Waals surface area contributed by atoms with E-state index in [1.54, 1.807) is 47.6 Å². The van der Waals surface area contributed by atoms with Crippen molar-refractivity contribution in [1.29, 1.82) is 0 Å². The fourth-order valence-corrected chi connectivity index (χ4v) is 4.83. The Bertz CT molecular complexity index is 1380. The highest BCUT2D eigenvalue weighted by molar-refractivity contribution is 7.90. The van der Waals surface area contributed by atoms with E-state index in [2.05, 4.69) is 15.0 Å². The van der Waals surface area contributed by atoms with Crippen LogP contribution in [0.1, 0.15) is 10.4 Å². The van der Waals surface area contributed by atoms with Crippen LogP contribution < -0.4 is 4.90 Å². The number of hydrogen-bond acceptors (Lipinski definition) is 8. The van der Waals surface area contributed by atoms with Crippen LogP contribution in [0.15, 0.2) is 53.7 Å². The third-order valence-electron chi connectivity index (χ3n) is 4.74. The number of benzene rings is 2. The highest BCUT2D eigenvalue weighted by Gasteiger charge is 2.22. The summed E-state index contributed by atoms with van der Waals surface area (Å²) in [6.45, 7) is 1.08. The van der Waals surface area contributed by atoms with E-state index in [1.165, 1.54) is 23.7 Å². The molecule has 2 aromatic carbocycles.